The van der Waals surface area contributed by atoms with Crippen molar-refractivity contribution in [1.82, 2.24) is 9.97 Å². The molecule has 0 saturated carbocycles. The summed E-state index contributed by atoms with van der Waals surface area (Å²) in [5, 5.41) is 3.74. The number of ether oxygens (including phenoxy) is 1. The zero-order chi connectivity index (χ0) is 18.0. The predicted octanol–water partition coefficient (Wildman–Crippen LogP) is 3.26. The highest BCUT2D eigenvalue weighted by Crippen LogP contribution is 2.35. The lowest BCUT2D eigenvalue weighted by Crippen LogP contribution is -2.10. The van der Waals surface area contributed by atoms with E-state index in [4.69, 9.17) is 9.72 Å². The number of amides is 1. The van der Waals surface area contributed by atoms with E-state index in [2.05, 4.69) is 10.3 Å². The standard InChI is InChI=1S/C19H19N3O3/c1-4-16(23)21-13-6-7-15(25-3)18-11(2)9-14(22-19(13)18)12-5-8-17(24)20-10-12/h5-10H,4H2,1-3H3,(H,20,24)(H,21,23). The summed E-state index contributed by atoms with van der Waals surface area (Å²) in [5.74, 6) is 0.614. The van der Waals surface area contributed by atoms with Gasteiger partial charge >= 0.3 is 0 Å². The van der Waals surface area contributed by atoms with Gasteiger partial charge in [-0.1, -0.05) is 6.92 Å². The van der Waals surface area contributed by atoms with E-state index in [0.717, 1.165) is 16.5 Å². The number of aromatic amines is 1. The molecule has 6 heteroatoms. The first-order chi connectivity index (χ1) is 12.0. The molecule has 0 aliphatic heterocycles. The molecule has 1 amide bonds. The number of benzene rings is 1. The number of aromatic nitrogens is 2. The first kappa shape index (κ1) is 16.7. The maximum Gasteiger partial charge on any atom is 0.247 e. The first-order valence-corrected chi connectivity index (χ1v) is 8.00. The van der Waals surface area contributed by atoms with Crippen molar-refractivity contribution in [3.63, 3.8) is 0 Å². The minimum atomic E-state index is -0.168. The van der Waals surface area contributed by atoms with Gasteiger partial charge in [0.2, 0.25) is 11.5 Å². The van der Waals surface area contributed by atoms with E-state index in [1.54, 1.807) is 32.4 Å². The lowest BCUT2D eigenvalue weighted by molar-refractivity contribution is -0.115. The van der Waals surface area contributed by atoms with Crippen molar-refractivity contribution in [3.05, 3.63) is 52.4 Å². The highest BCUT2D eigenvalue weighted by Gasteiger charge is 2.14. The fraction of sp³-hybridized carbons (Fsp3) is 0.211. The van der Waals surface area contributed by atoms with E-state index < -0.39 is 0 Å². The summed E-state index contributed by atoms with van der Waals surface area (Å²) < 4.78 is 5.46. The zero-order valence-electron chi connectivity index (χ0n) is 14.3. The number of nitrogens with one attached hydrogen (secondary N) is 2. The van der Waals surface area contributed by atoms with Crippen LogP contribution >= 0.6 is 0 Å². The summed E-state index contributed by atoms with van der Waals surface area (Å²) in [6.45, 7) is 3.76. The van der Waals surface area contributed by atoms with Crippen LogP contribution in [0.5, 0.6) is 5.75 Å². The van der Waals surface area contributed by atoms with Gasteiger partial charge in [-0.3, -0.25) is 9.59 Å². The molecule has 0 aliphatic rings. The molecule has 2 aromatic heterocycles. The highest BCUT2D eigenvalue weighted by atomic mass is 16.5. The first-order valence-electron chi connectivity index (χ1n) is 8.00. The van der Waals surface area contributed by atoms with Gasteiger partial charge in [-0.2, -0.15) is 0 Å². The number of carbonyl (C=O) groups is 1. The monoisotopic (exact) mass is 337 g/mol. The molecule has 3 aromatic rings. The van der Waals surface area contributed by atoms with E-state index in [1.807, 2.05) is 19.1 Å². The molecule has 2 N–H and O–H groups in total. The summed E-state index contributed by atoms with van der Waals surface area (Å²) in [4.78, 5) is 30.5. The predicted molar refractivity (Wildman–Crippen MR) is 98.0 cm³/mol. The van der Waals surface area contributed by atoms with Crippen molar-refractivity contribution < 1.29 is 9.53 Å². The molecule has 2 heterocycles. The van der Waals surface area contributed by atoms with Crippen molar-refractivity contribution in [2.24, 2.45) is 0 Å². The molecule has 0 radical (unpaired) electrons. The third-order valence-corrected chi connectivity index (χ3v) is 4.01. The number of methoxy groups -OCH3 is 1. The number of fused-ring (bicyclic) bond motifs is 1. The molecular formula is C19H19N3O3. The molecule has 0 spiro atoms. The van der Waals surface area contributed by atoms with Crippen molar-refractivity contribution in [3.8, 4) is 17.0 Å². The minimum absolute atomic E-state index is 0.0830. The second-order valence-electron chi connectivity index (χ2n) is 5.71. The smallest absolute Gasteiger partial charge is 0.247 e. The minimum Gasteiger partial charge on any atom is -0.496 e. The van der Waals surface area contributed by atoms with E-state index in [-0.39, 0.29) is 11.5 Å². The van der Waals surface area contributed by atoms with Crippen LogP contribution in [0.4, 0.5) is 5.69 Å². The molecule has 6 nitrogen and oxygen atoms in total. The number of aryl methyl sites for hydroxylation is 1. The number of anilines is 1. The molecule has 25 heavy (non-hydrogen) atoms. The van der Waals surface area contributed by atoms with Gasteiger partial charge in [0.25, 0.3) is 0 Å². The van der Waals surface area contributed by atoms with Crippen LogP contribution in [0.2, 0.25) is 0 Å². The Kier molecular flexibility index (Phi) is 4.52. The van der Waals surface area contributed by atoms with Crippen LogP contribution in [-0.2, 0) is 4.79 Å². The van der Waals surface area contributed by atoms with Gasteiger partial charge in [0.1, 0.15) is 5.75 Å². The fourth-order valence-corrected chi connectivity index (χ4v) is 2.73. The van der Waals surface area contributed by atoms with Gasteiger partial charge in [-0.15, -0.1) is 0 Å². The van der Waals surface area contributed by atoms with E-state index in [0.29, 0.717) is 29.1 Å². The number of H-pyrrole nitrogens is 1. The van der Waals surface area contributed by atoms with Crippen LogP contribution in [0.1, 0.15) is 18.9 Å². The summed E-state index contributed by atoms with van der Waals surface area (Å²) in [6, 6.07) is 8.72. The Hall–Kier alpha value is -3.15. The average molecular weight is 337 g/mol. The van der Waals surface area contributed by atoms with Crippen LogP contribution in [0.3, 0.4) is 0 Å². The second kappa shape index (κ2) is 6.76. The van der Waals surface area contributed by atoms with Gasteiger partial charge < -0.3 is 15.0 Å². The maximum absolute atomic E-state index is 11.8. The number of hydrogen-bond acceptors (Lipinski definition) is 4. The number of rotatable bonds is 4. The van der Waals surface area contributed by atoms with Crippen LogP contribution in [0.25, 0.3) is 22.2 Å². The molecule has 128 valence electrons. The van der Waals surface area contributed by atoms with Gasteiger partial charge in [0, 0.05) is 29.6 Å². The molecule has 0 bridgehead atoms. The number of carbonyl (C=O) groups excluding carboxylic acids is 1. The molecule has 0 aliphatic carbocycles. The normalized spacial score (nSPS) is 10.7. The van der Waals surface area contributed by atoms with Crippen molar-refractivity contribution in [1.29, 1.82) is 0 Å². The van der Waals surface area contributed by atoms with Gasteiger partial charge in [-0.05, 0) is 36.8 Å². The Labute approximate surface area is 144 Å². The summed E-state index contributed by atoms with van der Waals surface area (Å²) >= 11 is 0. The molecular weight excluding hydrogens is 318 g/mol. The van der Waals surface area contributed by atoms with Crippen molar-refractivity contribution in [2.75, 3.05) is 12.4 Å². The lowest BCUT2D eigenvalue weighted by atomic mass is 10.0. The van der Waals surface area contributed by atoms with Gasteiger partial charge in [0.15, 0.2) is 0 Å². The largest absolute Gasteiger partial charge is 0.496 e. The quantitative estimate of drug-likeness (QED) is 0.765. The Balaban J connectivity index is 2.25. The molecule has 1 aromatic carbocycles. The van der Waals surface area contributed by atoms with Gasteiger partial charge in [-0.25, -0.2) is 4.98 Å². The SMILES string of the molecule is CCC(=O)Nc1ccc(OC)c2c(C)cc(-c3ccc(=O)[nH]c3)nc12. The van der Waals surface area contributed by atoms with Crippen LogP contribution in [0.15, 0.2) is 41.3 Å². The topological polar surface area (TPSA) is 84.1 Å². The Morgan fingerprint density at radius 3 is 2.72 bits per heavy atom. The van der Waals surface area contributed by atoms with Crippen molar-refractivity contribution in [2.45, 2.75) is 20.3 Å². The van der Waals surface area contributed by atoms with E-state index >= 15 is 0 Å². The Morgan fingerprint density at radius 2 is 2.08 bits per heavy atom. The summed E-state index contributed by atoms with van der Waals surface area (Å²) in [6.07, 6.45) is 2.01. The fourth-order valence-electron chi connectivity index (χ4n) is 2.73. The van der Waals surface area contributed by atoms with Crippen LogP contribution < -0.4 is 15.6 Å². The van der Waals surface area contributed by atoms with Crippen LogP contribution in [0, 0.1) is 6.92 Å². The molecule has 0 atom stereocenters. The molecule has 3 rings (SSSR count). The Bertz CT molecular complexity index is 988. The third kappa shape index (κ3) is 3.24. The highest BCUT2D eigenvalue weighted by molar-refractivity contribution is 6.04. The van der Waals surface area contributed by atoms with Gasteiger partial charge in [0.05, 0.1) is 24.0 Å². The summed E-state index contributed by atoms with van der Waals surface area (Å²) in [7, 11) is 1.61. The van der Waals surface area contributed by atoms with E-state index in [9.17, 15) is 9.59 Å². The average Bonchev–Trinajstić information content (AvgIpc) is 2.62. The summed E-state index contributed by atoms with van der Waals surface area (Å²) in [5.41, 5.74) is 3.59. The number of hydrogen-bond donors (Lipinski definition) is 2. The number of nitrogens with zero attached hydrogens (tertiary/aromatic N) is 1. The second-order valence-corrected chi connectivity index (χ2v) is 5.71. The maximum atomic E-state index is 11.8. The number of pyridine rings is 2. The van der Waals surface area contributed by atoms with Crippen LogP contribution in [-0.4, -0.2) is 23.0 Å². The lowest BCUT2D eigenvalue weighted by Gasteiger charge is -2.14. The Morgan fingerprint density at radius 1 is 1.28 bits per heavy atom. The molecule has 0 fully saturated rings. The zero-order valence-corrected chi connectivity index (χ0v) is 14.3. The van der Waals surface area contributed by atoms with Crippen molar-refractivity contribution >= 4 is 22.5 Å². The van der Waals surface area contributed by atoms with E-state index in [1.165, 1.54) is 6.07 Å². The third-order valence-electron chi connectivity index (χ3n) is 4.01. The molecule has 0 unspecified atom stereocenters. The molecule has 0 saturated heterocycles.